The van der Waals surface area contributed by atoms with E-state index in [1.807, 2.05) is 0 Å². The summed E-state index contributed by atoms with van der Waals surface area (Å²) in [6, 6.07) is 22.9. The van der Waals surface area contributed by atoms with Crippen molar-refractivity contribution in [3.05, 3.63) is 60.7 Å². The minimum Gasteiger partial charge on any atom is -0.382 e. The van der Waals surface area contributed by atoms with Crippen LogP contribution in [0.1, 0.15) is 44.9 Å². The Morgan fingerprint density at radius 3 is 1.48 bits per heavy atom. The molecule has 3 fully saturated rings. The molecule has 3 aliphatic rings. The van der Waals surface area contributed by atoms with Crippen LogP contribution in [0.5, 0.6) is 0 Å². The Morgan fingerprint density at radius 1 is 0.519 bits per heavy atom. The van der Waals surface area contributed by atoms with Gasteiger partial charge in [0.15, 0.2) is 0 Å². The lowest BCUT2D eigenvalue weighted by atomic mass is 9.53. The second-order valence-corrected chi connectivity index (χ2v) is 8.99. The Bertz CT molecular complexity index is 667. The van der Waals surface area contributed by atoms with Crippen LogP contribution in [-0.4, -0.2) is 12.1 Å². The number of para-hydroxylation sites is 2. The first-order valence-electron chi connectivity index (χ1n) is 11.0. The van der Waals surface area contributed by atoms with E-state index < -0.39 is 0 Å². The predicted octanol–water partition coefficient (Wildman–Crippen LogP) is 6.18. The van der Waals surface area contributed by atoms with Crippen molar-refractivity contribution in [3.63, 3.8) is 0 Å². The number of nitrogens with one attached hydrogen (secondary N) is 2. The highest BCUT2D eigenvalue weighted by Gasteiger charge is 2.50. The second kappa shape index (κ2) is 7.58. The molecule has 2 aromatic rings. The van der Waals surface area contributed by atoms with Crippen LogP contribution in [-0.2, 0) is 0 Å². The summed E-state index contributed by atoms with van der Waals surface area (Å²) in [5.41, 5.74) is 2.58. The first-order valence-corrected chi connectivity index (χ1v) is 11.0. The fourth-order valence-electron chi connectivity index (χ4n) is 6.54. The van der Waals surface area contributed by atoms with Crippen molar-refractivity contribution in [1.29, 1.82) is 0 Å². The minimum atomic E-state index is 0.593. The normalized spacial score (nSPS) is 35.1. The Labute approximate surface area is 163 Å². The average Bonchev–Trinajstić information content (AvgIpc) is 2.73. The Morgan fingerprint density at radius 2 is 1.00 bits per heavy atom. The summed E-state index contributed by atoms with van der Waals surface area (Å²) in [6.45, 7) is 0. The van der Waals surface area contributed by atoms with Gasteiger partial charge in [-0.25, -0.2) is 0 Å². The molecule has 0 heterocycles. The molecule has 0 bridgehead atoms. The van der Waals surface area contributed by atoms with E-state index in [0.29, 0.717) is 12.1 Å². The number of hydrogen-bond donors (Lipinski definition) is 2. The number of benzene rings is 2. The third kappa shape index (κ3) is 3.47. The molecular formula is C25H32N2. The van der Waals surface area contributed by atoms with E-state index >= 15 is 0 Å². The largest absolute Gasteiger partial charge is 0.382 e. The zero-order valence-electron chi connectivity index (χ0n) is 16.2. The maximum atomic E-state index is 3.95. The molecule has 4 unspecified atom stereocenters. The highest BCUT2D eigenvalue weighted by molar-refractivity contribution is 5.46. The predicted molar refractivity (Wildman–Crippen MR) is 114 cm³/mol. The Balaban J connectivity index is 1.43. The van der Waals surface area contributed by atoms with Crippen molar-refractivity contribution in [2.75, 3.05) is 10.6 Å². The Hall–Kier alpha value is -1.96. The van der Waals surface area contributed by atoms with Crippen LogP contribution in [0.25, 0.3) is 0 Å². The van der Waals surface area contributed by atoms with Crippen molar-refractivity contribution in [2.24, 2.45) is 23.7 Å². The molecule has 5 rings (SSSR count). The number of rotatable bonds is 4. The molecule has 2 heteroatoms. The van der Waals surface area contributed by atoms with Gasteiger partial charge in [0.1, 0.15) is 0 Å². The van der Waals surface area contributed by atoms with Crippen LogP contribution in [0.15, 0.2) is 60.7 Å². The van der Waals surface area contributed by atoms with Crippen molar-refractivity contribution in [2.45, 2.75) is 57.0 Å². The van der Waals surface area contributed by atoms with E-state index in [-0.39, 0.29) is 0 Å². The van der Waals surface area contributed by atoms with Crippen LogP contribution in [0.2, 0.25) is 0 Å². The summed E-state index contributed by atoms with van der Waals surface area (Å²) in [4.78, 5) is 0. The van der Waals surface area contributed by atoms with Crippen LogP contribution in [0, 0.1) is 23.7 Å². The lowest BCUT2D eigenvalue weighted by Crippen LogP contribution is -2.56. The molecule has 2 nitrogen and oxygen atoms in total. The van der Waals surface area contributed by atoms with Crippen molar-refractivity contribution in [1.82, 2.24) is 0 Å². The lowest BCUT2D eigenvalue weighted by molar-refractivity contribution is -0.00206. The van der Waals surface area contributed by atoms with E-state index in [9.17, 15) is 0 Å². The van der Waals surface area contributed by atoms with Crippen molar-refractivity contribution < 1.29 is 0 Å². The van der Waals surface area contributed by atoms with Gasteiger partial charge in [-0.2, -0.15) is 0 Å². The van der Waals surface area contributed by atoms with E-state index in [1.165, 1.54) is 56.3 Å². The van der Waals surface area contributed by atoms with Gasteiger partial charge in [0, 0.05) is 29.4 Å². The highest BCUT2D eigenvalue weighted by atomic mass is 15.0. The zero-order chi connectivity index (χ0) is 18.1. The summed E-state index contributed by atoms with van der Waals surface area (Å²) in [6.07, 6.45) is 9.87. The average molecular weight is 361 g/mol. The number of anilines is 2. The molecule has 3 aliphatic carbocycles. The number of hydrogen-bond acceptors (Lipinski definition) is 2. The third-order valence-corrected chi connectivity index (χ3v) is 7.56. The summed E-state index contributed by atoms with van der Waals surface area (Å²) < 4.78 is 0. The molecule has 0 aromatic heterocycles. The van der Waals surface area contributed by atoms with Crippen LogP contribution in [0.3, 0.4) is 0 Å². The molecule has 3 saturated carbocycles. The Kier molecular flexibility index (Phi) is 4.82. The van der Waals surface area contributed by atoms with Gasteiger partial charge in [-0.15, -0.1) is 0 Å². The first-order chi connectivity index (χ1) is 13.4. The minimum absolute atomic E-state index is 0.593. The standard InChI is InChI=1S/C25H32N2/c1-3-10-20(11-4-1)26-22-16-14-18-8-7-9-19-15-17-23(25(22)24(18)19)27-21-12-5-2-6-13-21/h1-6,10-13,18-19,22-27H,7-9,14-17H2. The molecule has 2 N–H and O–H groups in total. The molecule has 0 amide bonds. The molecule has 0 spiro atoms. The maximum absolute atomic E-state index is 3.95. The topological polar surface area (TPSA) is 24.1 Å². The van der Waals surface area contributed by atoms with E-state index in [0.717, 1.165) is 23.7 Å². The van der Waals surface area contributed by atoms with Gasteiger partial charge in [0.05, 0.1) is 0 Å². The molecule has 0 saturated heterocycles. The fraction of sp³-hybridized carbons (Fsp3) is 0.520. The maximum Gasteiger partial charge on any atom is 0.0342 e. The van der Waals surface area contributed by atoms with Gasteiger partial charge in [0.2, 0.25) is 0 Å². The van der Waals surface area contributed by atoms with E-state index in [2.05, 4.69) is 71.3 Å². The molecule has 0 aliphatic heterocycles. The second-order valence-electron chi connectivity index (χ2n) is 8.99. The summed E-state index contributed by atoms with van der Waals surface area (Å²) >= 11 is 0. The molecule has 27 heavy (non-hydrogen) atoms. The van der Waals surface area contributed by atoms with Gasteiger partial charge in [-0.1, -0.05) is 55.7 Å². The SMILES string of the molecule is c1ccc(NC2CCC3CCCC4CCC(Nc5ccccc5)C2C34)cc1. The summed E-state index contributed by atoms with van der Waals surface area (Å²) in [5.74, 6) is 3.57. The van der Waals surface area contributed by atoms with Gasteiger partial charge in [-0.3, -0.25) is 0 Å². The quantitative estimate of drug-likeness (QED) is 0.680. The first kappa shape index (κ1) is 17.2. The van der Waals surface area contributed by atoms with Crippen LogP contribution < -0.4 is 10.6 Å². The molecule has 142 valence electrons. The molecule has 2 aromatic carbocycles. The van der Waals surface area contributed by atoms with Crippen LogP contribution >= 0.6 is 0 Å². The zero-order valence-corrected chi connectivity index (χ0v) is 16.2. The van der Waals surface area contributed by atoms with Gasteiger partial charge >= 0.3 is 0 Å². The smallest absolute Gasteiger partial charge is 0.0342 e. The molecule has 0 radical (unpaired) electrons. The van der Waals surface area contributed by atoms with Crippen molar-refractivity contribution in [3.8, 4) is 0 Å². The van der Waals surface area contributed by atoms with E-state index in [4.69, 9.17) is 0 Å². The summed E-state index contributed by atoms with van der Waals surface area (Å²) in [7, 11) is 0. The third-order valence-electron chi connectivity index (χ3n) is 7.56. The molecule has 4 atom stereocenters. The lowest BCUT2D eigenvalue weighted by Gasteiger charge is -2.55. The highest BCUT2D eigenvalue weighted by Crippen LogP contribution is 2.53. The van der Waals surface area contributed by atoms with Gasteiger partial charge in [-0.05, 0) is 67.7 Å². The molecular weight excluding hydrogens is 328 g/mol. The monoisotopic (exact) mass is 360 g/mol. The van der Waals surface area contributed by atoms with Gasteiger partial charge in [0.25, 0.3) is 0 Å². The van der Waals surface area contributed by atoms with E-state index in [1.54, 1.807) is 0 Å². The fourth-order valence-corrected chi connectivity index (χ4v) is 6.54. The van der Waals surface area contributed by atoms with Crippen molar-refractivity contribution >= 4 is 11.4 Å². The van der Waals surface area contributed by atoms with Crippen LogP contribution in [0.4, 0.5) is 11.4 Å². The summed E-state index contributed by atoms with van der Waals surface area (Å²) in [5, 5.41) is 7.89. The van der Waals surface area contributed by atoms with Gasteiger partial charge < -0.3 is 10.6 Å².